The maximum atomic E-state index is 13.9. The Bertz CT molecular complexity index is 1850. The van der Waals surface area contributed by atoms with Crippen LogP contribution in [0.1, 0.15) is 63.0 Å². The van der Waals surface area contributed by atoms with E-state index in [9.17, 15) is 29.1 Å². The number of methoxy groups -OCH3 is 1. The number of carbonyl (C=O) groups is 5. The van der Waals surface area contributed by atoms with Gasteiger partial charge in [0.05, 0.1) is 30.9 Å². The van der Waals surface area contributed by atoms with E-state index in [1.165, 1.54) is 31.1 Å². The minimum Gasteiger partial charge on any atom is -0.504 e. The van der Waals surface area contributed by atoms with Crippen molar-refractivity contribution in [1.82, 2.24) is 10.6 Å². The lowest BCUT2D eigenvalue weighted by Crippen LogP contribution is -2.54. The number of aromatic hydroxyl groups is 1. The lowest BCUT2D eigenvalue weighted by atomic mass is 10.0. The van der Waals surface area contributed by atoms with Crippen LogP contribution in [0.4, 0.5) is 26.7 Å². The highest BCUT2D eigenvalue weighted by Crippen LogP contribution is 2.42. The number of nitrogens with zero attached hydrogens (tertiary/aromatic N) is 2. The molecule has 2 aliphatic rings. The van der Waals surface area contributed by atoms with E-state index in [1.54, 1.807) is 63.8 Å². The molecule has 2 aliphatic heterocycles. The van der Waals surface area contributed by atoms with Crippen molar-refractivity contribution in [2.75, 3.05) is 28.8 Å². The van der Waals surface area contributed by atoms with Crippen molar-refractivity contribution in [2.45, 2.75) is 78.3 Å². The number of benzene rings is 3. The molecule has 0 radical (unpaired) electrons. The first kappa shape index (κ1) is 37.5. The summed E-state index contributed by atoms with van der Waals surface area (Å²) in [6.45, 7) is 10.2. The molecule has 4 N–H and O–H groups in total. The van der Waals surface area contributed by atoms with Gasteiger partial charge in [0.15, 0.2) is 11.5 Å². The number of amides is 5. The van der Waals surface area contributed by atoms with Gasteiger partial charge >= 0.3 is 12.2 Å². The largest absolute Gasteiger partial charge is 0.504 e. The molecular weight excluding hydrogens is 670 g/mol. The quantitative estimate of drug-likeness (QED) is 0.234. The molecule has 0 fully saturated rings. The number of phenols is 1. The van der Waals surface area contributed by atoms with Crippen LogP contribution in [0.15, 0.2) is 60.7 Å². The van der Waals surface area contributed by atoms with E-state index in [0.29, 0.717) is 17.7 Å². The van der Waals surface area contributed by atoms with Gasteiger partial charge in [-0.1, -0.05) is 44.2 Å². The van der Waals surface area contributed by atoms with Gasteiger partial charge < -0.3 is 40.2 Å². The number of para-hydroxylation sites is 1. The molecule has 3 aromatic carbocycles. The first-order valence-corrected chi connectivity index (χ1v) is 17.0. The zero-order valence-electron chi connectivity index (χ0n) is 30.3. The monoisotopic (exact) mass is 715 g/mol. The Morgan fingerprint density at radius 2 is 1.63 bits per heavy atom. The fourth-order valence-corrected chi connectivity index (χ4v) is 6.10. The molecule has 276 valence electrons. The Hall–Kier alpha value is -5.79. The molecule has 0 aliphatic carbocycles. The van der Waals surface area contributed by atoms with Gasteiger partial charge in [-0.25, -0.2) is 9.59 Å². The van der Waals surface area contributed by atoms with Gasteiger partial charge in [-0.05, 0) is 75.4 Å². The van der Waals surface area contributed by atoms with Crippen molar-refractivity contribution in [3.05, 3.63) is 77.4 Å². The molecule has 2 heterocycles. The van der Waals surface area contributed by atoms with E-state index in [-0.39, 0.29) is 53.8 Å². The van der Waals surface area contributed by atoms with Gasteiger partial charge in [0, 0.05) is 17.4 Å². The second-order valence-corrected chi connectivity index (χ2v) is 14.2. The summed E-state index contributed by atoms with van der Waals surface area (Å²) in [5, 5.41) is 18.5. The zero-order chi connectivity index (χ0) is 37.9. The summed E-state index contributed by atoms with van der Waals surface area (Å²) in [6.07, 6.45) is -0.902. The summed E-state index contributed by atoms with van der Waals surface area (Å²) < 4.78 is 16.2. The third-order valence-electron chi connectivity index (χ3n) is 8.68. The van der Waals surface area contributed by atoms with Gasteiger partial charge in [0.1, 0.15) is 24.3 Å². The Labute approximate surface area is 302 Å². The molecule has 0 bridgehead atoms. The van der Waals surface area contributed by atoms with E-state index >= 15 is 0 Å². The van der Waals surface area contributed by atoms with E-state index < -0.39 is 41.7 Å². The van der Waals surface area contributed by atoms with Gasteiger partial charge in [0.25, 0.3) is 5.91 Å². The lowest BCUT2D eigenvalue weighted by molar-refractivity contribution is -0.128. The van der Waals surface area contributed by atoms with Crippen molar-refractivity contribution in [1.29, 1.82) is 0 Å². The maximum absolute atomic E-state index is 13.9. The minimum atomic E-state index is -0.929. The highest BCUT2D eigenvalue weighted by atomic mass is 16.6. The Balaban J connectivity index is 1.21. The van der Waals surface area contributed by atoms with Crippen molar-refractivity contribution in [3.63, 3.8) is 0 Å². The number of hydrogen-bond acceptors (Lipinski definition) is 9. The Morgan fingerprint density at radius 3 is 2.29 bits per heavy atom. The number of anilines is 3. The van der Waals surface area contributed by atoms with Crippen molar-refractivity contribution in [3.8, 4) is 11.5 Å². The Morgan fingerprint density at radius 1 is 0.942 bits per heavy atom. The summed E-state index contributed by atoms with van der Waals surface area (Å²) in [5.74, 6) is -1.72. The zero-order valence-corrected chi connectivity index (χ0v) is 30.3. The van der Waals surface area contributed by atoms with Crippen LogP contribution in [0.2, 0.25) is 0 Å². The van der Waals surface area contributed by atoms with Crippen LogP contribution in [0, 0.1) is 5.92 Å². The molecule has 14 heteroatoms. The van der Waals surface area contributed by atoms with Crippen LogP contribution in [-0.4, -0.2) is 72.4 Å². The molecule has 0 saturated carbocycles. The van der Waals surface area contributed by atoms with Gasteiger partial charge in [-0.2, -0.15) is 0 Å². The number of phenolic OH excluding ortho intramolecular Hbond substituents is 1. The molecule has 5 rings (SSSR count). The van der Waals surface area contributed by atoms with Crippen LogP contribution in [0.5, 0.6) is 11.5 Å². The van der Waals surface area contributed by atoms with Crippen LogP contribution in [0.3, 0.4) is 0 Å². The summed E-state index contributed by atoms with van der Waals surface area (Å²) in [7, 11) is 1.38. The van der Waals surface area contributed by atoms with Crippen LogP contribution in [0.25, 0.3) is 0 Å². The minimum absolute atomic E-state index is 0.102. The molecule has 3 atom stereocenters. The average molecular weight is 716 g/mol. The molecule has 52 heavy (non-hydrogen) atoms. The number of hydrogen-bond donors (Lipinski definition) is 4. The number of carbonyl (C=O) groups excluding carboxylic acids is 5. The third-order valence-corrected chi connectivity index (χ3v) is 8.68. The van der Waals surface area contributed by atoms with E-state index in [0.717, 1.165) is 11.3 Å². The summed E-state index contributed by atoms with van der Waals surface area (Å²) >= 11 is 0. The molecule has 0 saturated heterocycles. The first-order valence-electron chi connectivity index (χ1n) is 17.0. The molecule has 0 aromatic heterocycles. The molecular formula is C38H45N5O9. The van der Waals surface area contributed by atoms with Crippen molar-refractivity contribution < 1.29 is 43.3 Å². The smallest absolute Gasteiger partial charge is 0.414 e. The third kappa shape index (κ3) is 8.39. The average Bonchev–Trinajstić information content (AvgIpc) is 3.40. The standard InChI is InChI=1S/C38H45N5O9/c1-21(2)32(41-36(48)52-38(4,5)6)34(46)39-22(3)33(45)40-25-14-12-23(13-15-25)20-51-37(49)42-19-26-16-24-10-8-9-11-28(24)43(26)35(47)27-17-31(50-7)30(44)18-29(27)42/h8-15,17-18,21-22,26,32,44H,16,19-20H2,1-7H3,(H,39,46)(H,40,45)(H,41,48)/t22-,26-,32-/m0/s1. The second-order valence-electron chi connectivity index (χ2n) is 14.2. The second kappa shape index (κ2) is 15.2. The normalized spacial score (nSPS) is 16.1. The van der Waals surface area contributed by atoms with Crippen LogP contribution < -0.4 is 30.5 Å². The lowest BCUT2D eigenvalue weighted by Gasteiger charge is -2.26. The van der Waals surface area contributed by atoms with E-state index in [1.807, 2.05) is 24.3 Å². The molecule has 0 spiro atoms. The fraction of sp³-hybridized carbons (Fsp3) is 0.395. The number of ether oxygens (including phenoxy) is 3. The van der Waals surface area contributed by atoms with Crippen molar-refractivity contribution >= 4 is 47.0 Å². The van der Waals surface area contributed by atoms with Crippen LogP contribution >= 0.6 is 0 Å². The fourth-order valence-electron chi connectivity index (χ4n) is 6.10. The topological polar surface area (TPSA) is 176 Å². The summed E-state index contributed by atoms with van der Waals surface area (Å²) in [5.41, 5.74) is 2.48. The van der Waals surface area contributed by atoms with E-state index in [4.69, 9.17) is 14.2 Å². The number of fused-ring (bicyclic) bond motifs is 4. The van der Waals surface area contributed by atoms with E-state index in [2.05, 4.69) is 16.0 Å². The van der Waals surface area contributed by atoms with Gasteiger partial charge in [-0.15, -0.1) is 0 Å². The SMILES string of the molecule is COc1cc2c(cc1O)N(C(=O)OCc1ccc(NC(=O)[C@H](C)NC(=O)[C@@H](NC(=O)OC(C)(C)C)C(C)C)cc1)C[C@@H]1Cc3ccccc3N1C2=O. The van der Waals surface area contributed by atoms with Gasteiger partial charge in [-0.3, -0.25) is 19.3 Å². The number of alkyl carbamates (subject to hydrolysis) is 1. The molecule has 3 aromatic rings. The highest BCUT2D eigenvalue weighted by molar-refractivity contribution is 6.14. The highest BCUT2D eigenvalue weighted by Gasteiger charge is 2.42. The van der Waals surface area contributed by atoms with Crippen molar-refractivity contribution in [2.24, 2.45) is 5.92 Å². The molecule has 0 unspecified atom stereocenters. The number of rotatable bonds is 9. The molecule has 5 amide bonds. The Kier molecular flexibility index (Phi) is 11.0. The first-order chi connectivity index (χ1) is 24.6. The summed E-state index contributed by atoms with van der Waals surface area (Å²) in [4.78, 5) is 68.7. The predicted molar refractivity (Wildman–Crippen MR) is 194 cm³/mol. The number of nitrogens with one attached hydrogen (secondary N) is 3. The van der Waals surface area contributed by atoms with Crippen LogP contribution in [-0.2, 0) is 32.1 Å². The predicted octanol–water partition coefficient (Wildman–Crippen LogP) is 5.12. The maximum Gasteiger partial charge on any atom is 0.414 e. The molecule has 14 nitrogen and oxygen atoms in total. The van der Waals surface area contributed by atoms with Gasteiger partial charge in [0.2, 0.25) is 11.8 Å². The summed E-state index contributed by atoms with van der Waals surface area (Å²) in [6, 6.07) is 14.8.